The lowest BCUT2D eigenvalue weighted by atomic mass is 9.89. The molecule has 3 nitrogen and oxygen atoms in total. The normalized spacial score (nSPS) is 19.4. The number of rotatable bonds is 3. The SMILES string of the molecule is Cc1cccc(CNC2(C#N)CCN(C)CC2)c1. The van der Waals surface area contributed by atoms with Gasteiger partial charge in [0.1, 0.15) is 5.54 Å². The minimum absolute atomic E-state index is 0.337. The lowest BCUT2D eigenvalue weighted by Gasteiger charge is -2.36. The van der Waals surface area contributed by atoms with Crippen LogP contribution in [-0.2, 0) is 6.54 Å². The quantitative estimate of drug-likeness (QED) is 0.883. The van der Waals surface area contributed by atoms with Gasteiger partial charge in [0.05, 0.1) is 6.07 Å². The monoisotopic (exact) mass is 243 g/mol. The standard InChI is InChI=1S/C15H21N3/c1-13-4-3-5-14(10-13)11-17-15(12-16)6-8-18(2)9-7-15/h3-5,10,17H,6-9,11H2,1-2H3. The van der Waals surface area contributed by atoms with E-state index >= 15 is 0 Å². The van der Waals surface area contributed by atoms with E-state index in [0.717, 1.165) is 32.5 Å². The number of nitrogens with one attached hydrogen (secondary N) is 1. The van der Waals surface area contributed by atoms with E-state index in [1.165, 1.54) is 11.1 Å². The minimum Gasteiger partial charge on any atom is -0.306 e. The Bertz CT molecular complexity index is 439. The van der Waals surface area contributed by atoms with Crippen LogP contribution in [0.4, 0.5) is 0 Å². The lowest BCUT2D eigenvalue weighted by molar-refractivity contribution is 0.194. The smallest absolute Gasteiger partial charge is 0.109 e. The fraction of sp³-hybridized carbons (Fsp3) is 0.533. The zero-order chi connectivity index (χ0) is 13.0. The highest BCUT2D eigenvalue weighted by atomic mass is 15.1. The van der Waals surface area contributed by atoms with Gasteiger partial charge in [0.2, 0.25) is 0 Å². The van der Waals surface area contributed by atoms with Crippen LogP contribution in [0.2, 0.25) is 0 Å². The molecular formula is C15H21N3. The van der Waals surface area contributed by atoms with E-state index in [9.17, 15) is 5.26 Å². The molecule has 96 valence electrons. The summed E-state index contributed by atoms with van der Waals surface area (Å²) in [5.74, 6) is 0. The average Bonchev–Trinajstić information content (AvgIpc) is 2.39. The van der Waals surface area contributed by atoms with Crippen molar-refractivity contribution in [2.45, 2.75) is 31.8 Å². The van der Waals surface area contributed by atoms with Crippen molar-refractivity contribution in [2.75, 3.05) is 20.1 Å². The maximum absolute atomic E-state index is 9.43. The Kier molecular flexibility index (Phi) is 4.00. The first-order valence-corrected chi connectivity index (χ1v) is 6.54. The molecule has 18 heavy (non-hydrogen) atoms. The summed E-state index contributed by atoms with van der Waals surface area (Å²) >= 11 is 0. The van der Waals surface area contributed by atoms with Crippen LogP contribution in [0.1, 0.15) is 24.0 Å². The molecule has 0 unspecified atom stereocenters. The molecule has 1 aliphatic rings. The second-order valence-corrected chi connectivity index (χ2v) is 5.34. The lowest BCUT2D eigenvalue weighted by Crippen LogP contribution is -2.51. The third-order valence-corrected chi connectivity index (χ3v) is 3.77. The van der Waals surface area contributed by atoms with Gasteiger partial charge in [-0.2, -0.15) is 5.26 Å². The van der Waals surface area contributed by atoms with Gasteiger partial charge in [0.15, 0.2) is 0 Å². The van der Waals surface area contributed by atoms with E-state index in [0.29, 0.717) is 0 Å². The van der Waals surface area contributed by atoms with Crippen LogP contribution in [0.25, 0.3) is 0 Å². The molecule has 0 bridgehead atoms. The second kappa shape index (κ2) is 5.51. The van der Waals surface area contributed by atoms with E-state index < -0.39 is 0 Å². The van der Waals surface area contributed by atoms with Crippen molar-refractivity contribution < 1.29 is 0 Å². The Morgan fingerprint density at radius 3 is 2.72 bits per heavy atom. The molecule has 1 aromatic rings. The van der Waals surface area contributed by atoms with Gasteiger partial charge in [-0.05, 0) is 32.4 Å². The number of piperidine rings is 1. The van der Waals surface area contributed by atoms with Gasteiger partial charge in [-0.1, -0.05) is 29.8 Å². The van der Waals surface area contributed by atoms with Crippen LogP contribution in [0, 0.1) is 18.3 Å². The van der Waals surface area contributed by atoms with Crippen molar-refractivity contribution in [3.05, 3.63) is 35.4 Å². The third-order valence-electron chi connectivity index (χ3n) is 3.77. The zero-order valence-electron chi connectivity index (χ0n) is 11.2. The van der Waals surface area contributed by atoms with Crippen molar-refractivity contribution in [2.24, 2.45) is 0 Å². The van der Waals surface area contributed by atoms with Gasteiger partial charge < -0.3 is 4.90 Å². The molecule has 0 spiro atoms. The first-order chi connectivity index (χ1) is 8.63. The Labute approximate surface area is 109 Å². The van der Waals surface area contributed by atoms with Gasteiger partial charge in [-0.3, -0.25) is 5.32 Å². The van der Waals surface area contributed by atoms with E-state index in [1.54, 1.807) is 0 Å². The molecule has 0 aromatic heterocycles. The molecule has 0 aliphatic carbocycles. The maximum atomic E-state index is 9.43. The van der Waals surface area contributed by atoms with Crippen LogP contribution < -0.4 is 5.32 Å². The summed E-state index contributed by atoms with van der Waals surface area (Å²) in [6.45, 7) is 4.86. The number of nitriles is 1. The second-order valence-electron chi connectivity index (χ2n) is 5.34. The van der Waals surface area contributed by atoms with Crippen LogP contribution in [-0.4, -0.2) is 30.6 Å². The Morgan fingerprint density at radius 1 is 1.39 bits per heavy atom. The molecule has 1 N–H and O–H groups in total. The van der Waals surface area contributed by atoms with Crippen LogP contribution >= 0.6 is 0 Å². The number of nitrogens with zero attached hydrogens (tertiary/aromatic N) is 2. The van der Waals surface area contributed by atoms with E-state index in [2.05, 4.69) is 54.5 Å². The predicted molar refractivity (Wildman–Crippen MR) is 73.1 cm³/mol. The molecule has 1 fully saturated rings. The van der Waals surface area contributed by atoms with E-state index in [-0.39, 0.29) is 5.54 Å². The molecule has 1 aromatic carbocycles. The fourth-order valence-corrected chi connectivity index (χ4v) is 2.42. The molecule has 2 rings (SSSR count). The van der Waals surface area contributed by atoms with Crippen molar-refractivity contribution >= 4 is 0 Å². The average molecular weight is 243 g/mol. The molecule has 0 amide bonds. The topological polar surface area (TPSA) is 39.1 Å². The maximum Gasteiger partial charge on any atom is 0.109 e. The molecule has 1 saturated heterocycles. The fourth-order valence-electron chi connectivity index (χ4n) is 2.42. The summed E-state index contributed by atoms with van der Waals surface area (Å²) in [7, 11) is 2.11. The minimum atomic E-state index is -0.337. The molecule has 0 radical (unpaired) electrons. The molecule has 1 heterocycles. The summed E-state index contributed by atoms with van der Waals surface area (Å²) in [5, 5.41) is 12.9. The van der Waals surface area contributed by atoms with Crippen molar-refractivity contribution in [3.8, 4) is 6.07 Å². The highest BCUT2D eigenvalue weighted by Gasteiger charge is 2.32. The highest BCUT2D eigenvalue weighted by Crippen LogP contribution is 2.21. The number of likely N-dealkylation sites (tertiary alicyclic amines) is 1. The largest absolute Gasteiger partial charge is 0.306 e. The molecule has 0 atom stereocenters. The summed E-state index contributed by atoms with van der Waals surface area (Å²) in [5.41, 5.74) is 2.18. The summed E-state index contributed by atoms with van der Waals surface area (Å²) < 4.78 is 0. The molecular weight excluding hydrogens is 222 g/mol. The van der Waals surface area contributed by atoms with Gasteiger partial charge >= 0.3 is 0 Å². The summed E-state index contributed by atoms with van der Waals surface area (Å²) in [4.78, 5) is 2.28. The van der Waals surface area contributed by atoms with Crippen LogP contribution in [0.3, 0.4) is 0 Å². The van der Waals surface area contributed by atoms with Crippen molar-refractivity contribution in [3.63, 3.8) is 0 Å². The number of benzene rings is 1. The number of aryl methyl sites for hydroxylation is 1. The molecule has 1 aliphatic heterocycles. The first kappa shape index (κ1) is 13.1. The summed E-state index contributed by atoms with van der Waals surface area (Å²) in [6, 6.07) is 10.9. The number of hydrogen-bond donors (Lipinski definition) is 1. The van der Waals surface area contributed by atoms with E-state index in [1.807, 2.05) is 0 Å². The van der Waals surface area contributed by atoms with Crippen LogP contribution in [0.15, 0.2) is 24.3 Å². The van der Waals surface area contributed by atoms with Crippen LogP contribution in [0.5, 0.6) is 0 Å². The predicted octanol–water partition coefficient (Wildman–Crippen LogP) is 2.07. The Morgan fingerprint density at radius 2 is 2.11 bits per heavy atom. The van der Waals surface area contributed by atoms with Gasteiger partial charge in [-0.25, -0.2) is 0 Å². The van der Waals surface area contributed by atoms with Crippen molar-refractivity contribution in [1.29, 1.82) is 5.26 Å². The van der Waals surface area contributed by atoms with Gasteiger partial charge in [-0.15, -0.1) is 0 Å². The van der Waals surface area contributed by atoms with Gasteiger partial charge in [0.25, 0.3) is 0 Å². The van der Waals surface area contributed by atoms with E-state index in [4.69, 9.17) is 0 Å². The van der Waals surface area contributed by atoms with Crippen molar-refractivity contribution in [1.82, 2.24) is 10.2 Å². The summed E-state index contributed by atoms with van der Waals surface area (Å²) in [6.07, 6.45) is 1.82. The highest BCUT2D eigenvalue weighted by molar-refractivity contribution is 5.23. The molecule has 3 heteroatoms. The first-order valence-electron chi connectivity index (χ1n) is 6.54. The van der Waals surface area contributed by atoms with Gasteiger partial charge in [0, 0.05) is 19.6 Å². The Hall–Kier alpha value is -1.37. The zero-order valence-corrected chi connectivity index (χ0v) is 11.2. The Balaban J connectivity index is 1.98. The third kappa shape index (κ3) is 3.10. The number of hydrogen-bond acceptors (Lipinski definition) is 3. The molecule has 0 saturated carbocycles.